The van der Waals surface area contributed by atoms with Gasteiger partial charge >= 0.3 is 0 Å². The van der Waals surface area contributed by atoms with E-state index in [0.29, 0.717) is 0 Å². The Morgan fingerprint density at radius 2 is 0.912 bits per heavy atom. The highest BCUT2D eigenvalue weighted by Crippen LogP contribution is 2.55. The van der Waals surface area contributed by atoms with Crippen molar-refractivity contribution in [2.45, 2.75) is 19.3 Å². The van der Waals surface area contributed by atoms with Crippen LogP contribution >= 0.6 is 0 Å². The first-order chi connectivity index (χ1) is 28.0. The van der Waals surface area contributed by atoms with Crippen molar-refractivity contribution in [1.82, 2.24) is 0 Å². The molecule has 1 heterocycles. The molecule has 11 rings (SSSR count). The summed E-state index contributed by atoms with van der Waals surface area (Å²) in [6.07, 6.45) is 0. The summed E-state index contributed by atoms with van der Waals surface area (Å²) in [5.74, 6) is 1.74. The number of anilines is 3. The summed E-state index contributed by atoms with van der Waals surface area (Å²) in [5.41, 5.74) is 17.6. The second-order valence-electron chi connectivity index (χ2n) is 15.7. The number of hydrogen-bond donors (Lipinski definition) is 0. The predicted octanol–water partition coefficient (Wildman–Crippen LogP) is 15.4. The van der Waals surface area contributed by atoms with Crippen LogP contribution in [0.3, 0.4) is 0 Å². The van der Waals surface area contributed by atoms with Crippen LogP contribution in [0.5, 0.6) is 11.5 Å². The zero-order chi connectivity index (χ0) is 38.1. The summed E-state index contributed by atoms with van der Waals surface area (Å²) >= 11 is 0. The van der Waals surface area contributed by atoms with E-state index in [2.05, 4.69) is 219 Å². The molecule has 57 heavy (non-hydrogen) atoms. The van der Waals surface area contributed by atoms with Crippen molar-refractivity contribution < 1.29 is 4.74 Å². The molecule has 1 aliphatic heterocycles. The monoisotopic (exact) mass is 729 g/mol. The number of ether oxygens (including phenoxy) is 1. The van der Waals surface area contributed by atoms with Gasteiger partial charge in [0.1, 0.15) is 11.5 Å². The van der Waals surface area contributed by atoms with Crippen LogP contribution in [-0.2, 0) is 5.41 Å². The quantitative estimate of drug-likeness (QED) is 0.175. The van der Waals surface area contributed by atoms with Gasteiger partial charge in [-0.05, 0) is 98.1 Å². The maximum absolute atomic E-state index is 7.00. The number of nitrogens with zero attached hydrogens (tertiary/aromatic N) is 1. The summed E-state index contributed by atoms with van der Waals surface area (Å²) < 4.78 is 7.00. The zero-order valence-electron chi connectivity index (χ0n) is 31.9. The Hall–Kier alpha value is -7.16. The minimum absolute atomic E-state index is 0.164. The Kier molecular flexibility index (Phi) is 7.55. The third-order valence-electron chi connectivity index (χ3n) is 12.0. The molecule has 0 atom stereocenters. The lowest BCUT2D eigenvalue weighted by molar-refractivity contribution is 0.493. The van der Waals surface area contributed by atoms with Gasteiger partial charge in [0, 0.05) is 38.7 Å². The molecule has 9 aromatic carbocycles. The van der Waals surface area contributed by atoms with E-state index >= 15 is 0 Å². The Morgan fingerprint density at radius 1 is 0.368 bits per heavy atom. The molecule has 0 fully saturated rings. The number of rotatable bonds is 5. The van der Waals surface area contributed by atoms with E-state index < -0.39 is 0 Å². The molecule has 9 aromatic rings. The van der Waals surface area contributed by atoms with Crippen LogP contribution in [0.1, 0.15) is 25.0 Å². The molecule has 0 saturated carbocycles. The SMILES string of the molecule is CC1(C)c2ccccc2-c2ccc(N(c3cc(-c4ccccc4)cc(-c4ccccc4)c3)c3cc4c(c5ccccc35)Oc3ccccc3-c3ccccc3-4)cc21. The van der Waals surface area contributed by atoms with E-state index in [1.807, 2.05) is 0 Å². The van der Waals surface area contributed by atoms with Crippen molar-refractivity contribution in [3.05, 3.63) is 211 Å². The van der Waals surface area contributed by atoms with Gasteiger partial charge in [0.05, 0.1) is 5.69 Å². The lowest BCUT2D eigenvalue weighted by Crippen LogP contribution is -2.17. The Labute approximate surface area is 333 Å². The average Bonchev–Trinajstić information content (AvgIpc) is 3.40. The van der Waals surface area contributed by atoms with Gasteiger partial charge in [0.2, 0.25) is 0 Å². The average molecular weight is 730 g/mol. The minimum Gasteiger partial charge on any atom is -0.455 e. The fourth-order valence-corrected chi connectivity index (χ4v) is 9.26. The molecule has 0 amide bonds. The first-order valence-corrected chi connectivity index (χ1v) is 19.8. The van der Waals surface area contributed by atoms with Crippen LogP contribution in [0, 0.1) is 0 Å². The number of fused-ring (bicyclic) bond motifs is 10. The molecule has 270 valence electrons. The van der Waals surface area contributed by atoms with E-state index in [0.717, 1.165) is 72.7 Å². The summed E-state index contributed by atoms with van der Waals surface area (Å²) in [6.45, 7) is 4.72. The van der Waals surface area contributed by atoms with Gasteiger partial charge < -0.3 is 9.64 Å². The fourth-order valence-electron chi connectivity index (χ4n) is 9.26. The maximum atomic E-state index is 7.00. The smallest absolute Gasteiger partial charge is 0.143 e. The van der Waals surface area contributed by atoms with E-state index in [1.54, 1.807) is 0 Å². The topological polar surface area (TPSA) is 12.5 Å². The highest BCUT2D eigenvalue weighted by Gasteiger charge is 2.36. The molecule has 0 saturated heterocycles. The molecule has 0 bridgehead atoms. The normalized spacial score (nSPS) is 13.0. The molecule has 0 spiro atoms. The molecule has 0 N–H and O–H groups in total. The zero-order valence-corrected chi connectivity index (χ0v) is 31.9. The van der Waals surface area contributed by atoms with Crippen molar-refractivity contribution in [1.29, 1.82) is 0 Å². The Balaban J connectivity index is 1.23. The van der Waals surface area contributed by atoms with E-state index in [9.17, 15) is 0 Å². The molecular weight excluding hydrogens is 691 g/mol. The Morgan fingerprint density at radius 3 is 1.61 bits per heavy atom. The lowest BCUT2D eigenvalue weighted by atomic mass is 9.82. The minimum atomic E-state index is -0.164. The first kappa shape index (κ1) is 33.2. The standard InChI is InChI=1S/C55H39NO/c1-55(2)50-27-15-13-23-44(50)45-30-29-40(34-51(45)55)56(41-32-38(36-17-5-3-6-18-36)31-39(33-41)37-19-7-4-8-20-37)52-35-49-43-22-10-9-21-42(43)47-25-14-16-28-53(47)57-54(49)48-26-12-11-24-46(48)52/h3-35H,1-2H3. The molecule has 2 heteroatoms. The molecule has 0 radical (unpaired) electrons. The van der Waals surface area contributed by atoms with Crippen LogP contribution < -0.4 is 9.64 Å². The van der Waals surface area contributed by atoms with Crippen molar-refractivity contribution >= 4 is 27.8 Å². The van der Waals surface area contributed by atoms with Gasteiger partial charge in [-0.2, -0.15) is 0 Å². The lowest BCUT2D eigenvalue weighted by Gasteiger charge is -2.31. The second-order valence-corrected chi connectivity index (χ2v) is 15.7. The van der Waals surface area contributed by atoms with Gasteiger partial charge in [0.25, 0.3) is 0 Å². The molecule has 0 unspecified atom stereocenters. The number of benzene rings is 9. The summed E-state index contributed by atoms with van der Waals surface area (Å²) in [7, 11) is 0. The van der Waals surface area contributed by atoms with Gasteiger partial charge in [-0.15, -0.1) is 0 Å². The van der Waals surface area contributed by atoms with Crippen molar-refractivity contribution in [3.8, 4) is 67.1 Å². The summed E-state index contributed by atoms with van der Waals surface area (Å²) in [6, 6.07) is 72.7. The number of hydrogen-bond acceptors (Lipinski definition) is 2. The van der Waals surface area contributed by atoms with E-state index in [4.69, 9.17) is 4.74 Å². The largest absolute Gasteiger partial charge is 0.455 e. The maximum Gasteiger partial charge on any atom is 0.143 e. The van der Waals surface area contributed by atoms with Crippen LogP contribution in [0.2, 0.25) is 0 Å². The van der Waals surface area contributed by atoms with Gasteiger partial charge in [-0.1, -0.05) is 172 Å². The van der Waals surface area contributed by atoms with Crippen molar-refractivity contribution in [3.63, 3.8) is 0 Å². The molecule has 2 nitrogen and oxygen atoms in total. The molecule has 1 aliphatic carbocycles. The van der Waals surface area contributed by atoms with E-state index in [1.165, 1.54) is 33.4 Å². The predicted molar refractivity (Wildman–Crippen MR) is 238 cm³/mol. The van der Waals surface area contributed by atoms with Crippen LogP contribution in [-0.4, -0.2) is 0 Å². The van der Waals surface area contributed by atoms with Crippen molar-refractivity contribution in [2.24, 2.45) is 0 Å². The first-order valence-electron chi connectivity index (χ1n) is 19.8. The third kappa shape index (κ3) is 5.33. The highest BCUT2D eigenvalue weighted by molar-refractivity contribution is 6.09. The number of para-hydroxylation sites is 1. The molecular formula is C55H39NO. The van der Waals surface area contributed by atoms with Gasteiger partial charge in [-0.3, -0.25) is 0 Å². The highest BCUT2D eigenvalue weighted by atomic mass is 16.5. The van der Waals surface area contributed by atoms with Crippen LogP contribution in [0.4, 0.5) is 17.1 Å². The Bertz CT molecular complexity index is 2960. The second kappa shape index (κ2) is 13.0. The molecule has 2 aliphatic rings. The van der Waals surface area contributed by atoms with Crippen LogP contribution in [0.15, 0.2) is 200 Å². The van der Waals surface area contributed by atoms with Gasteiger partial charge in [-0.25, -0.2) is 0 Å². The summed E-state index contributed by atoms with van der Waals surface area (Å²) in [4.78, 5) is 2.49. The van der Waals surface area contributed by atoms with Gasteiger partial charge in [0.15, 0.2) is 0 Å². The van der Waals surface area contributed by atoms with E-state index in [-0.39, 0.29) is 5.41 Å². The fraction of sp³-hybridized carbons (Fsp3) is 0.0545. The molecule has 0 aromatic heterocycles. The third-order valence-corrected chi connectivity index (χ3v) is 12.0. The van der Waals surface area contributed by atoms with Crippen molar-refractivity contribution in [2.75, 3.05) is 4.90 Å². The van der Waals surface area contributed by atoms with Crippen LogP contribution in [0.25, 0.3) is 66.4 Å². The summed E-state index contributed by atoms with van der Waals surface area (Å²) in [5, 5.41) is 2.18.